The van der Waals surface area contributed by atoms with Crippen molar-refractivity contribution in [2.24, 2.45) is 0 Å². The Labute approximate surface area is 165 Å². The number of hydrogen-bond acceptors (Lipinski definition) is 5. The molecule has 1 heterocycles. The van der Waals surface area contributed by atoms with E-state index in [1.807, 2.05) is 38.1 Å². The third-order valence-electron chi connectivity index (χ3n) is 4.24. The molecule has 0 aliphatic carbocycles. The van der Waals surface area contributed by atoms with Gasteiger partial charge in [0.05, 0.1) is 18.9 Å². The van der Waals surface area contributed by atoms with E-state index in [1.165, 1.54) is 0 Å². The third-order valence-corrected chi connectivity index (χ3v) is 4.24. The van der Waals surface area contributed by atoms with Gasteiger partial charge in [-0.15, -0.1) is 0 Å². The van der Waals surface area contributed by atoms with Gasteiger partial charge in [-0.1, -0.05) is 6.92 Å². The fraction of sp³-hybridized carbons (Fsp3) is 0.409. The van der Waals surface area contributed by atoms with Gasteiger partial charge in [-0.05, 0) is 50.6 Å². The van der Waals surface area contributed by atoms with Crippen molar-refractivity contribution in [3.05, 3.63) is 42.0 Å². The van der Waals surface area contributed by atoms with Gasteiger partial charge in [0.1, 0.15) is 29.1 Å². The normalized spacial score (nSPS) is 14.8. The predicted octanol–water partition coefficient (Wildman–Crippen LogP) is 4.22. The number of rotatable bonds is 9. The minimum absolute atomic E-state index is 0.102. The van der Waals surface area contributed by atoms with Crippen LogP contribution < -0.4 is 24.3 Å². The van der Waals surface area contributed by atoms with Crippen molar-refractivity contribution < 1.29 is 23.7 Å². The van der Waals surface area contributed by atoms with Crippen LogP contribution >= 0.6 is 0 Å². The van der Waals surface area contributed by atoms with E-state index in [0.29, 0.717) is 30.4 Å². The maximum atomic E-state index is 12.4. The minimum Gasteiger partial charge on any atom is -0.494 e. The Balaban J connectivity index is 1.59. The first-order valence-electron chi connectivity index (χ1n) is 9.71. The topological polar surface area (TPSA) is 66.0 Å². The highest BCUT2D eigenvalue weighted by atomic mass is 16.5. The molecular weight excluding hydrogens is 358 g/mol. The van der Waals surface area contributed by atoms with Crippen molar-refractivity contribution in [1.82, 2.24) is 0 Å². The predicted molar refractivity (Wildman–Crippen MR) is 108 cm³/mol. The fourth-order valence-corrected chi connectivity index (χ4v) is 3.00. The summed E-state index contributed by atoms with van der Waals surface area (Å²) >= 11 is 0. The second-order valence-corrected chi connectivity index (χ2v) is 6.68. The van der Waals surface area contributed by atoms with Crippen LogP contribution in [0, 0.1) is 0 Å². The first kappa shape index (κ1) is 19.9. The number of amides is 1. The molecule has 0 fully saturated rings. The molecule has 0 bridgehead atoms. The lowest BCUT2D eigenvalue weighted by molar-refractivity contribution is -0.118. The lowest BCUT2D eigenvalue weighted by Gasteiger charge is -2.14. The van der Waals surface area contributed by atoms with Crippen LogP contribution in [0.5, 0.6) is 23.0 Å². The van der Waals surface area contributed by atoms with E-state index in [2.05, 4.69) is 12.2 Å². The number of hydrogen-bond donors (Lipinski definition) is 1. The van der Waals surface area contributed by atoms with E-state index >= 15 is 0 Å². The summed E-state index contributed by atoms with van der Waals surface area (Å²) in [7, 11) is 0. The number of benzene rings is 2. The van der Waals surface area contributed by atoms with Gasteiger partial charge in [0.2, 0.25) is 0 Å². The maximum absolute atomic E-state index is 12.4. The lowest BCUT2D eigenvalue weighted by atomic mass is 10.1. The number of carbonyl (C=O) groups excluding carboxylic acids is 1. The van der Waals surface area contributed by atoms with E-state index in [0.717, 1.165) is 29.9 Å². The fourth-order valence-electron chi connectivity index (χ4n) is 3.00. The Morgan fingerprint density at radius 3 is 2.50 bits per heavy atom. The van der Waals surface area contributed by atoms with Crippen molar-refractivity contribution >= 4 is 11.6 Å². The van der Waals surface area contributed by atoms with Gasteiger partial charge in [0.25, 0.3) is 5.91 Å². The molecule has 150 valence electrons. The summed E-state index contributed by atoms with van der Waals surface area (Å²) in [5.41, 5.74) is 1.68. The molecule has 1 aliphatic rings. The average molecular weight is 385 g/mol. The van der Waals surface area contributed by atoms with Crippen LogP contribution in [0.15, 0.2) is 36.4 Å². The van der Waals surface area contributed by atoms with Crippen molar-refractivity contribution in [2.45, 2.75) is 39.7 Å². The van der Waals surface area contributed by atoms with Crippen molar-refractivity contribution in [3.63, 3.8) is 0 Å². The zero-order valence-electron chi connectivity index (χ0n) is 16.6. The quantitative estimate of drug-likeness (QED) is 0.700. The van der Waals surface area contributed by atoms with Gasteiger partial charge < -0.3 is 24.3 Å². The highest BCUT2D eigenvalue weighted by Gasteiger charge is 2.22. The molecule has 1 unspecified atom stereocenters. The smallest absolute Gasteiger partial charge is 0.262 e. The first-order valence-corrected chi connectivity index (χ1v) is 9.71. The Kier molecular flexibility index (Phi) is 6.63. The second kappa shape index (κ2) is 9.35. The SMILES string of the molecule is CCCOc1ccc(OCC(=O)Nc2cc3c(cc2OCC)CC(C)O3)cc1. The summed E-state index contributed by atoms with van der Waals surface area (Å²) in [5, 5.41) is 2.86. The molecule has 0 spiro atoms. The molecule has 0 saturated heterocycles. The van der Waals surface area contributed by atoms with Crippen molar-refractivity contribution in [2.75, 3.05) is 25.1 Å². The van der Waals surface area contributed by atoms with Gasteiger partial charge in [-0.2, -0.15) is 0 Å². The van der Waals surface area contributed by atoms with Gasteiger partial charge in [0.15, 0.2) is 6.61 Å². The Bertz CT molecular complexity index is 803. The van der Waals surface area contributed by atoms with Crippen LogP contribution in [0.1, 0.15) is 32.8 Å². The summed E-state index contributed by atoms with van der Waals surface area (Å²) in [6, 6.07) is 11.0. The number of ether oxygens (including phenoxy) is 4. The van der Waals surface area contributed by atoms with Crippen LogP contribution in [-0.2, 0) is 11.2 Å². The van der Waals surface area contributed by atoms with Crippen molar-refractivity contribution in [3.8, 4) is 23.0 Å². The van der Waals surface area contributed by atoms with E-state index in [4.69, 9.17) is 18.9 Å². The van der Waals surface area contributed by atoms with Gasteiger partial charge in [-0.25, -0.2) is 0 Å². The summed E-state index contributed by atoms with van der Waals surface area (Å²) in [4.78, 5) is 12.4. The Morgan fingerprint density at radius 1 is 1.11 bits per heavy atom. The molecule has 28 heavy (non-hydrogen) atoms. The molecule has 3 rings (SSSR count). The summed E-state index contributed by atoms with van der Waals surface area (Å²) in [5.74, 6) is 2.56. The van der Waals surface area contributed by atoms with Crippen LogP contribution in [-0.4, -0.2) is 31.8 Å². The number of carbonyl (C=O) groups is 1. The second-order valence-electron chi connectivity index (χ2n) is 6.68. The van der Waals surface area contributed by atoms with Gasteiger partial charge in [-0.3, -0.25) is 4.79 Å². The number of anilines is 1. The summed E-state index contributed by atoms with van der Waals surface area (Å²) < 4.78 is 22.6. The molecule has 6 nitrogen and oxygen atoms in total. The Hall–Kier alpha value is -2.89. The highest BCUT2D eigenvalue weighted by molar-refractivity contribution is 5.93. The van der Waals surface area contributed by atoms with Gasteiger partial charge in [0, 0.05) is 18.1 Å². The van der Waals surface area contributed by atoms with E-state index in [-0.39, 0.29) is 18.6 Å². The van der Waals surface area contributed by atoms with E-state index in [9.17, 15) is 4.79 Å². The first-order chi connectivity index (χ1) is 13.6. The highest BCUT2D eigenvalue weighted by Crippen LogP contribution is 2.38. The largest absolute Gasteiger partial charge is 0.494 e. The van der Waals surface area contributed by atoms with Crippen molar-refractivity contribution in [1.29, 1.82) is 0 Å². The lowest BCUT2D eigenvalue weighted by Crippen LogP contribution is -2.20. The molecule has 1 amide bonds. The number of fused-ring (bicyclic) bond motifs is 1. The van der Waals surface area contributed by atoms with Crippen LogP contribution in [0.3, 0.4) is 0 Å². The van der Waals surface area contributed by atoms with E-state index in [1.54, 1.807) is 12.1 Å². The number of nitrogens with one attached hydrogen (secondary N) is 1. The molecule has 1 atom stereocenters. The monoisotopic (exact) mass is 385 g/mol. The van der Waals surface area contributed by atoms with E-state index < -0.39 is 0 Å². The maximum Gasteiger partial charge on any atom is 0.262 e. The third kappa shape index (κ3) is 5.09. The molecule has 0 radical (unpaired) electrons. The summed E-state index contributed by atoms with van der Waals surface area (Å²) in [6.45, 7) is 7.07. The zero-order chi connectivity index (χ0) is 19.9. The molecule has 0 saturated carbocycles. The molecule has 2 aromatic carbocycles. The summed E-state index contributed by atoms with van der Waals surface area (Å²) in [6.07, 6.45) is 1.92. The van der Waals surface area contributed by atoms with Crippen LogP contribution in [0.4, 0.5) is 5.69 Å². The molecule has 0 aromatic heterocycles. The van der Waals surface area contributed by atoms with Crippen LogP contribution in [0.25, 0.3) is 0 Å². The molecule has 1 aliphatic heterocycles. The molecule has 1 N–H and O–H groups in total. The molecular formula is C22H27NO5. The zero-order valence-corrected chi connectivity index (χ0v) is 16.6. The average Bonchev–Trinajstić information content (AvgIpc) is 3.05. The Morgan fingerprint density at radius 2 is 1.82 bits per heavy atom. The van der Waals surface area contributed by atoms with Gasteiger partial charge >= 0.3 is 0 Å². The standard InChI is InChI=1S/C22H27NO5/c1-4-10-26-17-6-8-18(9-7-17)27-14-22(24)23-19-13-20-16(11-15(3)28-20)12-21(19)25-5-2/h6-9,12-13,15H,4-5,10-11,14H2,1-3H3,(H,23,24). The molecule has 2 aromatic rings. The van der Waals surface area contributed by atoms with Crippen LogP contribution in [0.2, 0.25) is 0 Å². The minimum atomic E-state index is -0.266. The molecule has 6 heteroatoms.